The molecule has 2 atom stereocenters. The molecule has 1 rings (SSSR count). The van der Waals surface area contributed by atoms with Gasteiger partial charge in [-0.1, -0.05) is 19.9 Å². The average molecular weight is 222 g/mol. The van der Waals surface area contributed by atoms with E-state index in [1.54, 1.807) is 0 Å². The number of hydrazone groups is 1. The molecule has 92 valence electrons. The van der Waals surface area contributed by atoms with Crippen molar-refractivity contribution in [1.82, 2.24) is 5.01 Å². The van der Waals surface area contributed by atoms with Crippen molar-refractivity contribution in [1.29, 1.82) is 0 Å². The molecule has 1 fully saturated rings. The largest absolute Gasteiger partial charge is 0.292 e. The van der Waals surface area contributed by atoms with Gasteiger partial charge in [-0.25, -0.2) is 0 Å². The molecule has 0 unspecified atom stereocenters. The van der Waals surface area contributed by atoms with Gasteiger partial charge in [0.25, 0.3) is 0 Å². The normalized spacial score (nSPS) is 26.7. The van der Waals surface area contributed by atoms with Gasteiger partial charge in [0.1, 0.15) is 0 Å². The summed E-state index contributed by atoms with van der Waals surface area (Å²) < 4.78 is 0. The molecular weight excluding hydrogens is 196 g/mol. The van der Waals surface area contributed by atoms with Gasteiger partial charge in [-0.3, -0.25) is 5.01 Å². The maximum absolute atomic E-state index is 4.55. The Labute approximate surface area is 100 Å². The first-order chi connectivity index (χ1) is 7.69. The third-order valence-corrected chi connectivity index (χ3v) is 3.62. The van der Waals surface area contributed by atoms with Gasteiger partial charge < -0.3 is 0 Å². The highest BCUT2D eigenvalue weighted by atomic mass is 15.5. The molecule has 0 N–H and O–H groups in total. The second-order valence-corrected chi connectivity index (χ2v) is 4.88. The third kappa shape index (κ3) is 3.66. The first kappa shape index (κ1) is 13.3. The summed E-state index contributed by atoms with van der Waals surface area (Å²) in [6.45, 7) is 8.98. The van der Waals surface area contributed by atoms with Crippen LogP contribution in [0.2, 0.25) is 0 Å². The fourth-order valence-corrected chi connectivity index (χ4v) is 2.29. The van der Waals surface area contributed by atoms with E-state index >= 15 is 0 Å². The number of allylic oxidation sites excluding steroid dienone is 2. The van der Waals surface area contributed by atoms with Crippen molar-refractivity contribution in [2.45, 2.75) is 65.5 Å². The van der Waals surface area contributed by atoms with Gasteiger partial charge in [-0.15, -0.1) is 0 Å². The minimum Gasteiger partial charge on any atom is -0.292 e. The molecule has 0 aromatic rings. The second kappa shape index (κ2) is 6.72. The summed E-state index contributed by atoms with van der Waals surface area (Å²) in [5.74, 6) is 0.708. The van der Waals surface area contributed by atoms with Crippen molar-refractivity contribution in [3.63, 3.8) is 0 Å². The van der Waals surface area contributed by atoms with E-state index in [2.05, 4.69) is 50.0 Å². The highest BCUT2D eigenvalue weighted by Gasteiger charge is 2.25. The molecule has 1 heterocycles. The highest BCUT2D eigenvalue weighted by Crippen LogP contribution is 2.23. The number of hydrogen-bond donors (Lipinski definition) is 0. The third-order valence-electron chi connectivity index (χ3n) is 3.62. The molecule has 0 aliphatic carbocycles. The van der Waals surface area contributed by atoms with E-state index < -0.39 is 0 Å². The molecule has 1 saturated heterocycles. The Morgan fingerprint density at radius 3 is 2.25 bits per heavy atom. The van der Waals surface area contributed by atoms with E-state index in [0.717, 1.165) is 0 Å². The Balaban J connectivity index is 2.41. The molecule has 16 heavy (non-hydrogen) atoms. The summed E-state index contributed by atoms with van der Waals surface area (Å²) >= 11 is 0. The van der Waals surface area contributed by atoms with E-state index in [1.807, 2.05) is 6.21 Å². The minimum absolute atomic E-state index is 0.604. The first-order valence-corrected chi connectivity index (χ1v) is 6.68. The summed E-state index contributed by atoms with van der Waals surface area (Å²) in [6, 6.07) is 1.21. The van der Waals surface area contributed by atoms with Gasteiger partial charge >= 0.3 is 0 Å². The lowest BCUT2D eigenvalue weighted by molar-refractivity contribution is 0.226. The Kier molecular flexibility index (Phi) is 5.58. The van der Waals surface area contributed by atoms with E-state index in [0.29, 0.717) is 18.0 Å². The van der Waals surface area contributed by atoms with Crippen molar-refractivity contribution < 1.29 is 0 Å². The summed E-state index contributed by atoms with van der Waals surface area (Å²) in [7, 11) is 0. The molecule has 0 radical (unpaired) electrons. The lowest BCUT2D eigenvalue weighted by Crippen LogP contribution is -2.27. The molecule has 0 bridgehead atoms. The maximum atomic E-state index is 4.55. The van der Waals surface area contributed by atoms with Crippen LogP contribution >= 0.6 is 0 Å². The Bertz CT molecular complexity index is 231. The van der Waals surface area contributed by atoms with Crippen LogP contribution < -0.4 is 0 Å². The Morgan fingerprint density at radius 1 is 1.19 bits per heavy atom. The van der Waals surface area contributed by atoms with Gasteiger partial charge in [-0.05, 0) is 51.5 Å². The average Bonchev–Trinajstić information content (AvgIpc) is 2.60. The van der Waals surface area contributed by atoms with Crippen LogP contribution in [0.25, 0.3) is 0 Å². The van der Waals surface area contributed by atoms with Crippen LogP contribution in [0, 0.1) is 5.92 Å². The molecule has 1 aliphatic rings. The zero-order chi connectivity index (χ0) is 12.0. The Morgan fingerprint density at radius 2 is 1.75 bits per heavy atom. The van der Waals surface area contributed by atoms with Crippen molar-refractivity contribution >= 4 is 6.21 Å². The predicted octanol–water partition coefficient (Wildman–Crippen LogP) is 3.84. The lowest BCUT2D eigenvalue weighted by Gasteiger charge is -2.21. The summed E-state index contributed by atoms with van der Waals surface area (Å²) in [4.78, 5) is 0. The van der Waals surface area contributed by atoms with Gasteiger partial charge in [0.2, 0.25) is 0 Å². The molecule has 0 aromatic heterocycles. The molecule has 2 heteroatoms. The number of rotatable bonds is 5. The smallest absolute Gasteiger partial charge is 0.0467 e. The zero-order valence-electron chi connectivity index (χ0n) is 11.2. The predicted molar refractivity (Wildman–Crippen MR) is 71.7 cm³/mol. The van der Waals surface area contributed by atoms with Crippen LogP contribution in [-0.4, -0.2) is 23.3 Å². The van der Waals surface area contributed by atoms with Gasteiger partial charge in [0.15, 0.2) is 0 Å². The van der Waals surface area contributed by atoms with E-state index in [1.165, 1.54) is 25.7 Å². The fourth-order valence-electron chi connectivity index (χ4n) is 2.29. The molecule has 0 aromatic carbocycles. The second-order valence-electron chi connectivity index (χ2n) is 4.88. The van der Waals surface area contributed by atoms with Gasteiger partial charge in [0, 0.05) is 18.3 Å². The van der Waals surface area contributed by atoms with Crippen LogP contribution in [0.3, 0.4) is 0 Å². The molecule has 0 saturated carbocycles. The molecule has 1 aliphatic heterocycles. The first-order valence-electron chi connectivity index (χ1n) is 6.68. The van der Waals surface area contributed by atoms with Crippen LogP contribution in [-0.2, 0) is 0 Å². The molecule has 2 nitrogen and oxygen atoms in total. The minimum atomic E-state index is 0.604. The van der Waals surface area contributed by atoms with Crippen LogP contribution in [0.4, 0.5) is 0 Å². The van der Waals surface area contributed by atoms with Crippen molar-refractivity contribution in [2.75, 3.05) is 0 Å². The number of nitrogens with zero attached hydrogens (tertiary/aromatic N) is 2. The SMILES string of the molecule is CCC(/C=C/C=N/N1[C@H](C)CC[C@H]1C)CC. The van der Waals surface area contributed by atoms with E-state index in [9.17, 15) is 0 Å². The fraction of sp³-hybridized carbons (Fsp3) is 0.786. The lowest BCUT2D eigenvalue weighted by atomic mass is 10.0. The zero-order valence-corrected chi connectivity index (χ0v) is 11.2. The van der Waals surface area contributed by atoms with Crippen LogP contribution in [0.1, 0.15) is 53.4 Å². The summed E-state index contributed by atoms with van der Waals surface area (Å²) in [5, 5.41) is 6.78. The standard InChI is InChI=1S/C14H26N2/c1-5-14(6-2)8-7-11-15-16-12(3)9-10-13(16)4/h7-8,11-14H,5-6,9-10H2,1-4H3/b8-7+,15-11+/t12-,13-/m1/s1. The molecular formula is C14H26N2. The van der Waals surface area contributed by atoms with Gasteiger partial charge in [0.05, 0.1) is 0 Å². The topological polar surface area (TPSA) is 15.6 Å². The van der Waals surface area contributed by atoms with Crippen LogP contribution in [0.15, 0.2) is 17.3 Å². The molecule has 0 amide bonds. The van der Waals surface area contributed by atoms with E-state index in [-0.39, 0.29) is 0 Å². The van der Waals surface area contributed by atoms with Crippen molar-refractivity contribution in [3.05, 3.63) is 12.2 Å². The summed E-state index contributed by atoms with van der Waals surface area (Å²) in [5.41, 5.74) is 0. The van der Waals surface area contributed by atoms with Crippen molar-refractivity contribution in [2.24, 2.45) is 11.0 Å². The maximum Gasteiger partial charge on any atom is 0.0467 e. The monoisotopic (exact) mass is 222 g/mol. The van der Waals surface area contributed by atoms with Gasteiger partial charge in [-0.2, -0.15) is 5.10 Å². The number of hydrogen-bond acceptors (Lipinski definition) is 2. The highest BCUT2D eigenvalue weighted by molar-refractivity contribution is 5.70. The molecule has 0 spiro atoms. The Hall–Kier alpha value is -0.790. The summed E-state index contributed by atoms with van der Waals surface area (Å²) in [6.07, 6.45) is 11.3. The van der Waals surface area contributed by atoms with Crippen LogP contribution in [0.5, 0.6) is 0 Å². The van der Waals surface area contributed by atoms with Crippen molar-refractivity contribution in [3.8, 4) is 0 Å². The quantitative estimate of drug-likeness (QED) is 0.645. The van der Waals surface area contributed by atoms with E-state index in [4.69, 9.17) is 0 Å².